The Morgan fingerprint density at radius 3 is 2.48 bits per heavy atom. The van der Waals surface area contributed by atoms with Gasteiger partial charge in [-0.15, -0.1) is 0 Å². The van der Waals surface area contributed by atoms with Crippen LogP contribution in [0.1, 0.15) is 13.8 Å². The number of nitrogens with two attached hydrogens (primary N) is 1. The molecular formula is C16H23ClN4O2. The summed E-state index contributed by atoms with van der Waals surface area (Å²) < 4.78 is 0. The minimum absolute atomic E-state index is 0.0172. The van der Waals surface area contributed by atoms with Crippen molar-refractivity contribution in [1.29, 1.82) is 0 Å². The van der Waals surface area contributed by atoms with Gasteiger partial charge < -0.3 is 20.9 Å². The Morgan fingerprint density at radius 2 is 1.91 bits per heavy atom. The first-order valence-electron chi connectivity index (χ1n) is 7.63. The molecule has 0 aliphatic carbocycles. The van der Waals surface area contributed by atoms with Gasteiger partial charge in [-0.25, -0.2) is 0 Å². The Kier molecular flexibility index (Phi) is 5.49. The Bertz CT molecular complexity index is 578. The van der Waals surface area contributed by atoms with Gasteiger partial charge in [-0.1, -0.05) is 17.7 Å². The number of carbonyl (C=O) groups is 2. The van der Waals surface area contributed by atoms with Crippen LogP contribution in [0.15, 0.2) is 24.3 Å². The number of benzene rings is 1. The first-order valence-corrected chi connectivity index (χ1v) is 8.00. The molecule has 1 heterocycles. The second-order valence-corrected chi connectivity index (χ2v) is 6.69. The second kappa shape index (κ2) is 7.19. The lowest BCUT2D eigenvalue weighted by Crippen LogP contribution is -2.54. The van der Waals surface area contributed by atoms with Crippen LogP contribution in [0.5, 0.6) is 0 Å². The smallest absolute Gasteiger partial charge is 0.242 e. The molecule has 1 aromatic rings. The van der Waals surface area contributed by atoms with Crippen molar-refractivity contribution < 1.29 is 9.59 Å². The van der Waals surface area contributed by atoms with Crippen LogP contribution in [-0.4, -0.2) is 55.0 Å². The summed E-state index contributed by atoms with van der Waals surface area (Å²) in [6.07, 6.45) is 0. The van der Waals surface area contributed by atoms with E-state index in [0.29, 0.717) is 18.1 Å². The highest BCUT2D eigenvalue weighted by atomic mass is 35.5. The third-order valence-corrected chi connectivity index (χ3v) is 4.03. The third-order valence-electron chi connectivity index (χ3n) is 3.79. The summed E-state index contributed by atoms with van der Waals surface area (Å²) in [5.41, 5.74) is 5.76. The van der Waals surface area contributed by atoms with E-state index in [1.807, 2.05) is 24.3 Å². The normalized spacial score (nSPS) is 15.5. The zero-order chi connectivity index (χ0) is 17.0. The Balaban J connectivity index is 1.82. The molecule has 0 bridgehead atoms. The molecule has 1 aliphatic heterocycles. The number of hydrogen-bond acceptors (Lipinski definition) is 4. The van der Waals surface area contributed by atoms with Crippen molar-refractivity contribution in [1.82, 2.24) is 10.2 Å². The molecule has 1 saturated heterocycles. The van der Waals surface area contributed by atoms with Crippen LogP contribution >= 0.6 is 11.6 Å². The molecule has 0 saturated carbocycles. The molecule has 2 amide bonds. The quantitative estimate of drug-likeness (QED) is 0.853. The number of carbonyl (C=O) groups excluding carboxylic acids is 2. The lowest BCUT2D eigenvalue weighted by Gasteiger charge is -2.36. The van der Waals surface area contributed by atoms with Crippen LogP contribution in [0.2, 0.25) is 5.02 Å². The van der Waals surface area contributed by atoms with E-state index >= 15 is 0 Å². The fraction of sp³-hybridized carbons (Fsp3) is 0.500. The van der Waals surface area contributed by atoms with Gasteiger partial charge in [0.2, 0.25) is 11.8 Å². The molecule has 1 aromatic carbocycles. The fourth-order valence-corrected chi connectivity index (χ4v) is 2.57. The summed E-state index contributed by atoms with van der Waals surface area (Å²) in [7, 11) is 0. The standard InChI is InChI=1S/C16H23ClN4O2/c1-16(2,18)15(23)19-11-14(22)21-8-6-20(7-9-21)13-5-3-4-12(17)10-13/h3-5,10H,6-9,11,18H2,1-2H3,(H,19,23). The van der Waals surface area contributed by atoms with Crippen LogP contribution in [0, 0.1) is 0 Å². The lowest BCUT2D eigenvalue weighted by atomic mass is 10.1. The number of amides is 2. The third kappa shape index (κ3) is 4.84. The SMILES string of the molecule is CC(C)(N)C(=O)NCC(=O)N1CCN(c2cccc(Cl)c2)CC1. The van der Waals surface area contributed by atoms with E-state index in [9.17, 15) is 9.59 Å². The topological polar surface area (TPSA) is 78.7 Å². The van der Waals surface area contributed by atoms with E-state index in [-0.39, 0.29) is 18.4 Å². The summed E-state index contributed by atoms with van der Waals surface area (Å²) in [5.74, 6) is -0.420. The molecule has 126 valence electrons. The molecule has 1 fully saturated rings. The summed E-state index contributed by atoms with van der Waals surface area (Å²) in [4.78, 5) is 27.8. The van der Waals surface area contributed by atoms with Gasteiger partial charge >= 0.3 is 0 Å². The van der Waals surface area contributed by atoms with E-state index in [0.717, 1.165) is 18.8 Å². The number of nitrogens with zero attached hydrogens (tertiary/aromatic N) is 2. The van der Waals surface area contributed by atoms with Crippen LogP contribution in [0.3, 0.4) is 0 Å². The second-order valence-electron chi connectivity index (χ2n) is 6.25. The predicted molar refractivity (Wildman–Crippen MR) is 91.5 cm³/mol. The van der Waals surface area contributed by atoms with Gasteiger partial charge in [-0.2, -0.15) is 0 Å². The first kappa shape index (κ1) is 17.6. The number of hydrogen-bond donors (Lipinski definition) is 2. The van der Waals surface area contributed by atoms with Gasteiger partial charge in [-0.05, 0) is 32.0 Å². The van der Waals surface area contributed by atoms with E-state index in [1.54, 1.807) is 18.7 Å². The van der Waals surface area contributed by atoms with Crippen LogP contribution in [-0.2, 0) is 9.59 Å². The molecule has 2 rings (SSSR count). The van der Waals surface area contributed by atoms with Crippen molar-refractivity contribution >= 4 is 29.1 Å². The highest BCUT2D eigenvalue weighted by molar-refractivity contribution is 6.30. The minimum atomic E-state index is -0.981. The van der Waals surface area contributed by atoms with Crippen LogP contribution < -0.4 is 16.0 Å². The predicted octanol–water partition coefficient (Wildman–Crippen LogP) is 0.842. The average molecular weight is 339 g/mol. The highest BCUT2D eigenvalue weighted by Gasteiger charge is 2.25. The van der Waals surface area contributed by atoms with Crippen molar-refractivity contribution in [2.24, 2.45) is 5.73 Å². The van der Waals surface area contributed by atoms with Crippen LogP contribution in [0.25, 0.3) is 0 Å². The maximum Gasteiger partial charge on any atom is 0.242 e. The molecular weight excluding hydrogens is 316 g/mol. The van der Waals surface area contributed by atoms with Gasteiger partial charge in [0, 0.05) is 36.9 Å². The van der Waals surface area contributed by atoms with Crippen molar-refractivity contribution in [3.8, 4) is 0 Å². The van der Waals surface area contributed by atoms with Gasteiger partial charge in [0.15, 0.2) is 0 Å². The maximum absolute atomic E-state index is 12.2. The summed E-state index contributed by atoms with van der Waals surface area (Å²) in [5, 5.41) is 3.29. The first-order chi connectivity index (χ1) is 10.8. The van der Waals surface area contributed by atoms with E-state index in [4.69, 9.17) is 17.3 Å². The molecule has 0 aromatic heterocycles. The molecule has 0 radical (unpaired) electrons. The summed E-state index contributed by atoms with van der Waals surface area (Å²) in [6.45, 7) is 5.91. The number of halogens is 1. The average Bonchev–Trinajstić information content (AvgIpc) is 2.51. The number of nitrogens with one attached hydrogen (secondary N) is 1. The zero-order valence-corrected chi connectivity index (χ0v) is 14.3. The van der Waals surface area contributed by atoms with E-state index in [1.165, 1.54) is 0 Å². The molecule has 6 nitrogen and oxygen atoms in total. The zero-order valence-electron chi connectivity index (χ0n) is 13.5. The number of anilines is 1. The molecule has 0 spiro atoms. The lowest BCUT2D eigenvalue weighted by molar-refractivity contribution is -0.134. The summed E-state index contributed by atoms with van der Waals surface area (Å²) >= 11 is 6.01. The van der Waals surface area contributed by atoms with Crippen molar-refractivity contribution in [3.05, 3.63) is 29.3 Å². The van der Waals surface area contributed by atoms with Crippen LogP contribution in [0.4, 0.5) is 5.69 Å². The highest BCUT2D eigenvalue weighted by Crippen LogP contribution is 2.20. The fourth-order valence-electron chi connectivity index (χ4n) is 2.38. The van der Waals surface area contributed by atoms with Crippen molar-refractivity contribution in [2.75, 3.05) is 37.6 Å². The molecule has 23 heavy (non-hydrogen) atoms. The maximum atomic E-state index is 12.2. The summed E-state index contributed by atoms with van der Waals surface area (Å²) in [6, 6.07) is 7.68. The molecule has 1 aliphatic rings. The van der Waals surface area contributed by atoms with E-state index < -0.39 is 5.54 Å². The molecule has 0 unspecified atom stereocenters. The van der Waals surface area contributed by atoms with Crippen molar-refractivity contribution in [3.63, 3.8) is 0 Å². The Morgan fingerprint density at radius 1 is 1.26 bits per heavy atom. The monoisotopic (exact) mass is 338 g/mol. The Labute approximate surface area is 141 Å². The molecule has 0 atom stereocenters. The van der Waals surface area contributed by atoms with Crippen molar-refractivity contribution in [2.45, 2.75) is 19.4 Å². The van der Waals surface area contributed by atoms with E-state index in [2.05, 4.69) is 10.2 Å². The number of rotatable bonds is 4. The van der Waals surface area contributed by atoms with Gasteiger partial charge in [0.1, 0.15) is 0 Å². The Hall–Kier alpha value is -1.79. The van der Waals surface area contributed by atoms with Gasteiger partial charge in [-0.3, -0.25) is 9.59 Å². The minimum Gasteiger partial charge on any atom is -0.368 e. The van der Waals surface area contributed by atoms with Gasteiger partial charge in [0.25, 0.3) is 0 Å². The van der Waals surface area contributed by atoms with Gasteiger partial charge in [0.05, 0.1) is 12.1 Å². The molecule has 7 heteroatoms. The largest absolute Gasteiger partial charge is 0.368 e. The molecule has 3 N–H and O–H groups in total. The number of piperazine rings is 1.